The molecule has 0 radical (unpaired) electrons. The van der Waals surface area contributed by atoms with Crippen LogP contribution in [0.15, 0.2) is 22.7 Å². The maximum Gasteiger partial charge on any atom is 0.217 e. The summed E-state index contributed by atoms with van der Waals surface area (Å²) in [6.07, 6.45) is 0.999. The second-order valence-electron chi connectivity index (χ2n) is 4.71. The molecule has 0 spiro atoms. The van der Waals surface area contributed by atoms with Crippen LogP contribution in [0.2, 0.25) is 0 Å². The van der Waals surface area contributed by atoms with Gasteiger partial charge in [0.1, 0.15) is 5.75 Å². The van der Waals surface area contributed by atoms with E-state index in [1.54, 1.807) is 13.0 Å². The van der Waals surface area contributed by atoms with Gasteiger partial charge >= 0.3 is 0 Å². The number of hydrogen-bond acceptors (Lipinski definition) is 3. The van der Waals surface area contributed by atoms with Gasteiger partial charge in [-0.3, -0.25) is 9.69 Å². The number of carbonyl (C=O) groups excluding carboxylic acids is 1. The van der Waals surface area contributed by atoms with Crippen molar-refractivity contribution in [2.75, 3.05) is 13.1 Å². The molecule has 2 rings (SSSR count). The van der Waals surface area contributed by atoms with Crippen molar-refractivity contribution in [2.24, 2.45) is 0 Å². The molecule has 1 fully saturated rings. The molecule has 5 heteroatoms. The molecule has 0 aromatic heterocycles. The number of phenolic OH excluding ortho intramolecular Hbond substituents is 1. The highest BCUT2D eigenvalue weighted by Gasteiger charge is 2.22. The number of halogens is 1. The van der Waals surface area contributed by atoms with Crippen LogP contribution in [0, 0.1) is 0 Å². The molecule has 1 saturated heterocycles. The molecule has 0 saturated carbocycles. The molecular formula is C13H17BrN2O2. The van der Waals surface area contributed by atoms with Gasteiger partial charge in [-0.15, -0.1) is 0 Å². The zero-order valence-electron chi connectivity index (χ0n) is 10.3. The van der Waals surface area contributed by atoms with Gasteiger partial charge in [-0.25, -0.2) is 0 Å². The summed E-state index contributed by atoms with van der Waals surface area (Å²) in [5.74, 6) is 0.297. The molecule has 1 aromatic carbocycles. The van der Waals surface area contributed by atoms with Crippen LogP contribution in [-0.2, 0) is 11.3 Å². The number of amides is 1. The number of carbonyl (C=O) groups is 1. The van der Waals surface area contributed by atoms with E-state index in [1.807, 2.05) is 12.1 Å². The van der Waals surface area contributed by atoms with Gasteiger partial charge < -0.3 is 10.4 Å². The van der Waals surface area contributed by atoms with Gasteiger partial charge in [-0.05, 0) is 40.0 Å². The Morgan fingerprint density at radius 1 is 1.61 bits per heavy atom. The molecule has 1 aliphatic rings. The lowest BCUT2D eigenvalue weighted by Gasteiger charge is -2.16. The molecule has 18 heavy (non-hydrogen) atoms. The first-order valence-corrected chi connectivity index (χ1v) is 6.81. The van der Waals surface area contributed by atoms with Crippen LogP contribution in [0.25, 0.3) is 0 Å². The summed E-state index contributed by atoms with van der Waals surface area (Å²) in [5.41, 5.74) is 1.16. The molecule has 1 heterocycles. The summed E-state index contributed by atoms with van der Waals surface area (Å²) in [7, 11) is 0. The number of rotatable bonds is 3. The molecule has 1 amide bonds. The maximum atomic E-state index is 11.0. The van der Waals surface area contributed by atoms with Gasteiger partial charge in [0, 0.05) is 32.6 Å². The lowest BCUT2D eigenvalue weighted by molar-refractivity contribution is -0.119. The Kier molecular flexibility index (Phi) is 4.24. The van der Waals surface area contributed by atoms with Gasteiger partial charge in [0.25, 0.3) is 0 Å². The summed E-state index contributed by atoms with van der Waals surface area (Å²) in [5, 5.41) is 12.4. The first-order valence-electron chi connectivity index (χ1n) is 6.01. The minimum atomic E-state index is 0.0363. The van der Waals surface area contributed by atoms with Crippen molar-refractivity contribution in [3.8, 4) is 5.75 Å². The minimum Gasteiger partial charge on any atom is -0.507 e. The molecule has 1 atom stereocenters. The smallest absolute Gasteiger partial charge is 0.217 e. The summed E-state index contributed by atoms with van der Waals surface area (Å²) in [6, 6.07) is 5.82. The Morgan fingerprint density at radius 2 is 2.39 bits per heavy atom. The normalized spacial score (nSPS) is 20.0. The summed E-state index contributed by atoms with van der Waals surface area (Å²) < 4.78 is 0.720. The van der Waals surface area contributed by atoms with Gasteiger partial charge in [0.15, 0.2) is 0 Å². The van der Waals surface area contributed by atoms with Crippen molar-refractivity contribution in [3.05, 3.63) is 28.2 Å². The predicted molar refractivity (Wildman–Crippen MR) is 73.3 cm³/mol. The number of aromatic hydroxyl groups is 1. The Morgan fingerprint density at radius 3 is 3.06 bits per heavy atom. The van der Waals surface area contributed by atoms with Crippen LogP contribution in [0.5, 0.6) is 5.75 Å². The number of benzene rings is 1. The molecule has 1 aromatic rings. The topological polar surface area (TPSA) is 52.6 Å². The van der Waals surface area contributed by atoms with E-state index in [4.69, 9.17) is 0 Å². The SMILES string of the molecule is CC(=O)NC1CCN(Cc2ccc(O)c(Br)c2)C1. The van der Waals surface area contributed by atoms with Gasteiger partial charge in [0.2, 0.25) is 5.91 Å². The fraction of sp³-hybridized carbons (Fsp3) is 0.462. The lowest BCUT2D eigenvalue weighted by Crippen LogP contribution is -2.35. The molecular weight excluding hydrogens is 296 g/mol. The van der Waals surface area contributed by atoms with Crippen molar-refractivity contribution in [1.29, 1.82) is 0 Å². The molecule has 0 bridgehead atoms. The average Bonchev–Trinajstić information content (AvgIpc) is 2.70. The number of likely N-dealkylation sites (tertiary alicyclic amines) is 1. The Balaban J connectivity index is 1.91. The molecule has 0 aliphatic carbocycles. The quantitative estimate of drug-likeness (QED) is 0.896. The molecule has 1 aliphatic heterocycles. The zero-order valence-corrected chi connectivity index (χ0v) is 11.9. The van der Waals surface area contributed by atoms with Gasteiger partial charge in [-0.1, -0.05) is 6.07 Å². The second-order valence-corrected chi connectivity index (χ2v) is 5.56. The van der Waals surface area contributed by atoms with Crippen molar-refractivity contribution in [2.45, 2.75) is 25.9 Å². The zero-order chi connectivity index (χ0) is 13.1. The van der Waals surface area contributed by atoms with Crippen molar-refractivity contribution >= 4 is 21.8 Å². The Bertz CT molecular complexity index is 451. The van der Waals surface area contributed by atoms with E-state index < -0.39 is 0 Å². The van der Waals surface area contributed by atoms with Crippen molar-refractivity contribution in [1.82, 2.24) is 10.2 Å². The lowest BCUT2D eigenvalue weighted by atomic mass is 10.2. The maximum absolute atomic E-state index is 11.0. The van der Waals surface area contributed by atoms with E-state index in [1.165, 1.54) is 0 Å². The Hall–Kier alpha value is -1.07. The fourth-order valence-corrected chi connectivity index (χ4v) is 2.71. The predicted octanol–water partition coefficient (Wildman–Crippen LogP) is 1.87. The molecule has 4 nitrogen and oxygen atoms in total. The van der Waals surface area contributed by atoms with E-state index in [-0.39, 0.29) is 17.7 Å². The molecule has 2 N–H and O–H groups in total. The third-order valence-corrected chi connectivity index (χ3v) is 3.73. The molecule has 98 valence electrons. The van der Waals surface area contributed by atoms with Crippen molar-refractivity contribution in [3.63, 3.8) is 0 Å². The largest absolute Gasteiger partial charge is 0.507 e. The Labute approximate surface area is 115 Å². The van der Waals surface area contributed by atoms with E-state index in [0.717, 1.165) is 36.1 Å². The third kappa shape index (κ3) is 3.46. The van der Waals surface area contributed by atoms with E-state index in [0.29, 0.717) is 0 Å². The van der Waals surface area contributed by atoms with E-state index in [2.05, 4.69) is 26.1 Å². The van der Waals surface area contributed by atoms with Gasteiger partial charge in [0.05, 0.1) is 4.47 Å². The first kappa shape index (κ1) is 13.4. The highest BCUT2D eigenvalue weighted by molar-refractivity contribution is 9.10. The van der Waals surface area contributed by atoms with E-state index in [9.17, 15) is 9.90 Å². The monoisotopic (exact) mass is 312 g/mol. The summed E-state index contributed by atoms with van der Waals surface area (Å²) in [4.78, 5) is 13.3. The molecule has 1 unspecified atom stereocenters. The highest BCUT2D eigenvalue weighted by atomic mass is 79.9. The number of hydrogen-bond donors (Lipinski definition) is 2. The van der Waals surface area contributed by atoms with Crippen LogP contribution < -0.4 is 5.32 Å². The third-order valence-electron chi connectivity index (χ3n) is 3.10. The van der Waals surface area contributed by atoms with Crippen LogP contribution in [0.1, 0.15) is 18.9 Å². The van der Waals surface area contributed by atoms with Crippen LogP contribution in [0.4, 0.5) is 0 Å². The first-order chi connectivity index (χ1) is 8.54. The standard InChI is InChI=1S/C13H17BrN2O2/c1-9(17)15-11-4-5-16(8-11)7-10-2-3-13(18)12(14)6-10/h2-3,6,11,18H,4-5,7-8H2,1H3,(H,15,17). The minimum absolute atomic E-state index is 0.0363. The highest BCUT2D eigenvalue weighted by Crippen LogP contribution is 2.25. The van der Waals surface area contributed by atoms with Crippen LogP contribution in [0.3, 0.4) is 0 Å². The average molecular weight is 313 g/mol. The summed E-state index contributed by atoms with van der Waals surface area (Å²) >= 11 is 3.31. The van der Waals surface area contributed by atoms with Crippen molar-refractivity contribution < 1.29 is 9.90 Å². The van der Waals surface area contributed by atoms with E-state index >= 15 is 0 Å². The van der Waals surface area contributed by atoms with Crippen LogP contribution >= 0.6 is 15.9 Å². The number of phenols is 1. The second kappa shape index (κ2) is 5.71. The van der Waals surface area contributed by atoms with Crippen LogP contribution in [-0.4, -0.2) is 35.0 Å². The summed E-state index contributed by atoms with van der Waals surface area (Å²) in [6.45, 7) is 4.27. The number of nitrogens with one attached hydrogen (secondary N) is 1. The number of nitrogens with zero attached hydrogens (tertiary/aromatic N) is 1. The van der Waals surface area contributed by atoms with Gasteiger partial charge in [-0.2, -0.15) is 0 Å². The fourth-order valence-electron chi connectivity index (χ4n) is 2.29.